The maximum absolute atomic E-state index is 12.7. The van der Waals surface area contributed by atoms with Gasteiger partial charge in [-0.3, -0.25) is 13.9 Å². The summed E-state index contributed by atoms with van der Waals surface area (Å²) < 4.78 is 26.3. The van der Waals surface area contributed by atoms with E-state index in [9.17, 15) is 18.0 Å². The lowest BCUT2D eigenvalue weighted by atomic mass is 10.2. The molecule has 1 aliphatic heterocycles. The Hall–Kier alpha value is -2.09. The molecule has 24 heavy (non-hydrogen) atoms. The van der Waals surface area contributed by atoms with Gasteiger partial charge < -0.3 is 4.90 Å². The van der Waals surface area contributed by atoms with Crippen LogP contribution in [0.2, 0.25) is 0 Å². The van der Waals surface area contributed by atoms with Crippen molar-refractivity contribution in [1.29, 1.82) is 0 Å². The number of carbonyl (C=O) groups is 1. The standard InChI is InChI=1S/C16H21N3O4S/c1-3-18(12-8-9-24(22,23)11-12)15(20)10-19-14-7-5-4-6-13(14)17(2)16(19)21/h4-7,12H,3,8-11H2,1-2H3. The maximum atomic E-state index is 12.7. The first kappa shape index (κ1) is 16.8. The Morgan fingerprint density at radius 3 is 2.54 bits per heavy atom. The van der Waals surface area contributed by atoms with Gasteiger partial charge in [0.1, 0.15) is 6.54 Å². The van der Waals surface area contributed by atoms with Gasteiger partial charge in [0.15, 0.2) is 9.84 Å². The quantitative estimate of drug-likeness (QED) is 0.797. The number of aryl methyl sites for hydroxylation is 1. The van der Waals surface area contributed by atoms with Gasteiger partial charge in [-0.15, -0.1) is 0 Å². The summed E-state index contributed by atoms with van der Waals surface area (Å²) in [6.45, 7) is 2.18. The highest BCUT2D eigenvalue weighted by atomic mass is 32.2. The third-order valence-electron chi connectivity index (χ3n) is 4.66. The molecule has 0 radical (unpaired) electrons. The van der Waals surface area contributed by atoms with E-state index in [4.69, 9.17) is 0 Å². The summed E-state index contributed by atoms with van der Waals surface area (Å²) in [5.41, 5.74) is 1.22. The van der Waals surface area contributed by atoms with Gasteiger partial charge in [0.05, 0.1) is 22.5 Å². The van der Waals surface area contributed by atoms with Crippen LogP contribution in [0.15, 0.2) is 29.1 Å². The van der Waals surface area contributed by atoms with Crippen LogP contribution in [-0.4, -0.2) is 52.5 Å². The molecule has 1 aromatic heterocycles. The molecule has 0 bridgehead atoms. The van der Waals surface area contributed by atoms with Crippen molar-refractivity contribution >= 4 is 26.8 Å². The highest BCUT2D eigenvalue weighted by Crippen LogP contribution is 2.19. The molecular weight excluding hydrogens is 330 g/mol. The molecule has 1 aliphatic rings. The predicted molar refractivity (Wildman–Crippen MR) is 91.6 cm³/mol. The van der Waals surface area contributed by atoms with Crippen LogP contribution in [0, 0.1) is 0 Å². The number of hydrogen-bond donors (Lipinski definition) is 0. The van der Waals surface area contributed by atoms with Crippen LogP contribution in [0.4, 0.5) is 0 Å². The van der Waals surface area contributed by atoms with E-state index in [1.54, 1.807) is 18.0 Å². The number of amides is 1. The molecule has 3 rings (SSSR count). The lowest BCUT2D eigenvalue weighted by Crippen LogP contribution is -2.43. The van der Waals surface area contributed by atoms with Gasteiger partial charge in [-0.05, 0) is 25.5 Å². The highest BCUT2D eigenvalue weighted by Gasteiger charge is 2.34. The van der Waals surface area contributed by atoms with E-state index >= 15 is 0 Å². The lowest BCUT2D eigenvalue weighted by molar-refractivity contribution is -0.133. The lowest BCUT2D eigenvalue weighted by Gasteiger charge is -2.27. The third-order valence-corrected chi connectivity index (χ3v) is 6.41. The first-order valence-corrected chi connectivity index (χ1v) is 9.80. The van der Waals surface area contributed by atoms with Gasteiger partial charge in [-0.1, -0.05) is 12.1 Å². The summed E-state index contributed by atoms with van der Waals surface area (Å²) in [6.07, 6.45) is 0.465. The molecule has 2 heterocycles. The number of benzene rings is 1. The first-order chi connectivity index (χ1) is 11.3. The first-order valence-electron chi connectivity index (χ1n) is 7.98. The summed E-state index contributed by atoms with van der Waals surface area (Å²) in [4.78, 5) is 26.7. The number of likely N-dealkylation sites (N-methyl/N-ethyl adjacent to an activating group) is 1. The third kappa shape index (κ3) is 2.86. The number of aromatic nitrogens is 2. The largest absolute Gasteiger partial charge is 0.337 e. The Bertz CT molecular complexity index is 942. The Balaban J connectivity index is 1.89. The summed E-state index contributed by atoms with van der Waals surface area (Å²) in [6, 6.07) is 7.01. The van der Waals surface area contributed by atoms with Crippen molar-refractivity contribution in [2.24, 2.45) is 7.05 Å². The molecule has 0 saturated carbocycles. The van der Waals surface area contributed by atoms with Crippen molar-refractivity contribution in [3.05, 3.63) is 34.7 Å². The van der Waals surface area contributed by atoms with Crippen molar-refractivity contribution < 1.29 is 13.2 Å². The van der Waals surface area contributed by atoms with E-state index in [1.807, 2.05) is 25.1 Å². The fourth-order valence-electron chi connectivity index (χ4n) is 3.40. The molecule has 2 aromatic rings. The number of fused-ring (bicyclic) bond motifs is 1. The number of hydrogen-bond acceptors (Lipinski definition) is 4. The highest BCUT2D eigenvalue weighted by molar-refractivity contribution is 7.91. The topological polar surface area (TPSA) is 81.4 Å². The molecular formula is C16H21N3O4S. The zero-order chi connectivity index (χ0) is 17.5. The number of sulfone groups is 1. The monoisotopic (exact) mass is 351 g/mol. The number of imidazole rings is 1. The number of para-hydroxylation sites is 2. The summed E-state index contributed by atoms with van der Waals surface area (Å²) >= 11 is 0. The van der Waals surface area contributed by atoms with Crippen LogP contribution >= 0.6 is 0 Å². The Morgan fingerprint density at radius 1 is 1.29 bits per heavy atom. The van der Waals surface area contributed by atoms with E-state index in [-0.39, 0.29) is 35.7 Å². The van der Waals surface area contributed by atoms with Crippen molar-refractivity contribution in [3.63, 3.8) is 0 Å². The van der Waals surface area contributed by atoms with E-state index in [0.29, 0.717) is 18.5 Å². The Morgan fingerprint density at radius 2 is 1.96 bits per heavy atom. The Kier molecular flexibility index (Phi) is 4.25. The van der Waals surface area contributed by atoms with Crippen LogP contribution in [0.3, 0.4) is 0 Å². The predicted octanol–water partition coefficient (Wildman–Crippen LogP) is 0.376. The van der Waals surface area contributed by atoms with Crippen LogP contribution < -0.4 is 5.69 Å². The molecule has 1 fully saturated rings. The van der Waals surface area contributed by atoms with Gasteiger partial charge in [-0.25, -0.2) is 13.2 Å². The SMILES string of the molecule is CCN(C(=O)Cn1c(=O)n(C)c2ccccc21)C1CCS(=O)(=O)C1. The number of carbonyl (C=O) groups excluding carboxylic acids is 1. The zero-order valence-corrected chi connectivity index (χ0v) is 14.6. The molecule has 0 N–H and O–H groups in total. The van der Waals surface area contributed by atoms with Crippen molar-refractivity contribution in [3.8, 4) is 0 Å². The van der Waals surface area contributed by atoms with E-state index in [1.165, 1.54) is 9.13 Å². The average Bonchev–Trinajstić information content (AvgIpc) is 3.01. The second-order valence-corrected chi connectivity index (χ2v) is 8.38. The van der Waals surface area contributed by atoms with Gasteiger partial charge in [0.2, 0.25) is 5.91 Å². The molecule has 1 aromatic carbocycles. The summed E-state index contributed by atoms with van der Waals surface area (Å²) in [5, 5.41) is 0. The fraction of sp³-hybridized carbons (Fsp3) is 0.500. The molecule has 1 unspecified atom stereocenters. The normalized spacial score (nSPS) is 19.7. The van der Waals surface area contributed by atoms with Crippen molar-refractivity contribution in [1.82, 2.24) is 14.0 Å². The van der Waals surface area contributed by atoms with Crippen LogP contribution in [0.5, 0.6) is 0 Å². The number of nitrogens with zero attached hydrogens (tertiary/aromatic N) is 3. The maximum Gasteiger partial charge on any atom is 0.329 e. The van der Waals surface area contributed by atoms with Crippen LogP contribution in [0.25, 0.3) is 11.0 Å². The smallest absolute Gasteiger partial charge is 0.329 e. The van der Waals surface area contributed by atoms with Crippen LogP contribution in [0.1, 0.15) is 13.3 Å². The zero-order valence-electron chi connectivity index (χ0n) is 13.8. The van der Waals surface area contributed by atoms with Gasteiger partial charge in [-0.2, -0.15) is 0 Å². The minimum Gasteiger partial charge on any atom is -0.337 e. The molecule has 1 amide bonds. The summed E-state index contributed by atoms with van der Waals surface area (Å²) in [5.74, 6) is -0.0924. The van der Waals surface area contributed by atoms with E-state index < -0.39 is 9.84 Å². The second kappa shape index (κ2) is 6.08. The molecule has 0 aliphatic carbocycles. The average molecular weight is 351 g/mol. The van der Waals surface area contributed by atoms with Gasteiger partial charge >= 0.3 is 5.69 Å². The summed E-state index contributed by atoms with van der Waals surface area (Å²) in [7, 11) is -1.39. The van der Waals surface area contributed by atoms with Crippen molar-refractivity contribution in [2.75, 3.05) is 18.1 Å². The molecule has 1 saturated heterocycles. The second-order valence-electron chi connectivity index (χ2n) is 6.15. The molecule has 130 valence electrons. The molecule has 7 nitrogen and oxygen atoms in total. The molecule has 0 spiro atoms. The van der Waals surface area contributed by atoms with E-state index in [0.717, 1.165) is 5.52 Å². The fourth-order valence-corrected chi connectivity index (χ4v) is 5.13. The van der Waals surface area contributed by atoms with Gasteiger partial charge in [0, 0.05) is 19.6 Å². The number of rotatable bonds is 4. The van der Waals surface area contributed by atoms with Crippen LogP contribution in [-0.2, 0) is 28.2 Å². The van der Waals surface area contributed by atoms with E-state index in [2.05, 4.69) is 0 Å². The minimum absolute atomic E-state index is 0.0109. The van der Waals surface area contributed by atoms with Gasteiger partial charge in [0.25, 0.3) is 0 Å². The molecule has 8 heteroatoms. The minimum atomic E-state index is -3.06. The van der Waals surface area contributed by atoms with Crippen molar-refractivity contribution in [2.45, 2.75) is 25.9 Å². The Labute approximate surface area is 140 Å². The molecule has 1 atom stereocenters.